The maximum Gasteiger partial charge on any atom is 0.0981 e. The quantitative estimate of drug-likeness (QED) is 0.871. The van der Waals surface area contributed by atoms with Gasteiger partial charge in [0.1, 0.15) is 0 Å². The molecule has 0 aromatic heterocycles. The van der Waals surface area contributed by atoms with Crippen LogP contribution in [0.25, 0.3) is 0 Å². The van der Waals surface area contributed by atoms with Crippen LogP contribution in [-0.4, -0.2) is 37.0 Å². The lowest BCUT2D eigenvalue weighted by Crippen LogP contribution is -2.50. The van der Waals surface area contributed by atoms with Crippen LogP contribution in [0.3, 0.4) is 0 Å². The third kappa shape index (κ3) is 2.62. The van der Waals surface area contributed by atoms with Crippen LogP contribution in [0.4, 0.5) is 5.69 Å². The van der Waals surface area contributed by atoms with E-state index in [1.54, 1.807) is 0 Å². The molecule has 1 heterocycles. The largest absolute Gasteiger partial charge is 0.394 e. The average molecular weight is 271 g/mol. The molecule has 0 spiro atoms. The Bertz CT molecular complexity index is 414. The molecule has 3 N–H and O–H groups in total. The Morgan fingerprint density at radius 1 is 1.56 bits per heavy atom. The molecular formula is C13H19ClN2O2. The molecule has 1 saturated heterocycles. The molecule has 1 aromatic carbocycles. The van der Waals surface area contributed by atoms with Crippen molar-refractivity contribution in [3.63, 3.8) is 0 Å². The lowest BCUT2D eigenvalue weighted by molar-refractivity contribution is -0.0103. The maximum absolute atomic E-state index is 9.23. The Morgan fingerprint density at radius 3 is 3.00 bits per heavy atom. The van der Waals surface area contributed by atoms with Crippen LogP contribution in [0.15, 0.2) is 18.2 Å². The minimum absolute atomic E-state index is 0.0195. The number of ether oxygens (including phenoxy) is 1. The van der Waals surface area contributed by atoms with Crippen molar-refractivity contribution in [3.05, 3.63) is 28.8 Å². The van der Waals surface area contributed by atoms with Crippen LogP contribution in [0.1, 0.15) is 12.5 Å². The summed E-state index contributed by atoms with van der Waals surface area (Å²) in [6, 6.07) is 5.98. The van der Waals surface area contributed by atoms with Gasteiger partial charge in [0.25, 0.3) is 0 Å². The van der Waals surface area contributed by atoms with E-state index < -0.39 is 0 Å². The number of aliphatic hydroxyl groups is 1. The zero-order valence-electron chi connectivity index (χ0n) is 10.5. The minimum atomic E-state index is -0.164. The molecule has 1 aromatic rings. The number of halogens is 1. The van der Waals surface area contributed by atoms with Gasteiger partial charge in [0.2, 0.25) is 0 Å². The second kappa shape index (κ2) is 5.89. The number of nitrogens with zero attached hydrogens (tertiary/aromatic N) is 1. The van der Waals surface area contributed by atoms with E-state index in [-0.39, 0.29) is 18.8 Å². The number of para-hydroxylation sites is 1. The van der Waals surface area contributed by atoms with E-state index in [2.05, 4.69) is 11.8 Å². The number of benzene rings is 1. The number of morpholine rings is 1. The van der Waals surface area contributed by atoms with Gasteiger partial charge in [-0.15, -0.1) is 0 Å². The molecule has 2 rings (SSSR count). The van der Waals surface area contributed by atoms with E-state index in [0.29, 0.717) is 24.7 Å². The van der Waals surface area contributed by atoms with Crippen LogP contribution in [0, 0.1) is 0 Å². The van der Waals surface area contributed by atoms with E-state index in [1.165, 1.54) is 0 Å². The van der Waals surface area contributed by atoms with Gasteiger partial charge in [0.15, 0.2) is 0 Å². The van der Waals surface area contributed by atoms with Gasteiger partial charge < -0.3 is 20.5 Å². The van der Waals surface area contributed by atoms with E-state index in [1.807, 2.05) is 18.2 Å². The number of nitrogens with two attached hydrogens (primary N) is 1. The van der Waals surface area contributed by atoms with Gasteiger partial charge in [-0.3, -0.25) is 0 Å². The normalized spacial score (nSPS) is 24.3. The van der Waals surface area contributed by atoms with Crippen molar-refractivity contribution in [2.75, 3.05) is 24.7 Å². The molecule has 2 unspecified atom stereocenters. The number of rotatable bonds is 3. The second-order valence-corrected chi connectivity index (χ2v) is 5.00. The molecule has 100 valence electrons. The van der Waals surface area contributed by atoms with Crippen molar-refractivity contribution < 1.29 is 9.84 Å². The van der Waals surface area contributed by atoms with Crippen molar-refractivity contribution in [3.8, 4) is 0 Å². The summed E-state index contributed by atoms with van der Waals surface area (Å²) < 4.78 is 5.54. The minimum Gasteiger partial charge on any atom is -0.394 e. The zero-order valence-corrected chi connectivity index (χ0v) is 11.2. The molecule has 4 nitrogen and oxygen atoms in total. The molecule has 1 fully saturated rings. The van der Waals surface area contributed by atoms with Gasteiger partial charge in [-0.2, -0.15) is 0 Å². The van der Waals surface area contributed by atoms with Crippen molar-refractivity contribution >= 4 is 17.3 Å². The maximum atomic E-state index is 9.23. The first-order valence-corrected chi connectivity index (χ1v) is 6.51. The summed E-state index contributed by atoms with van der Waals surface area (Å²) in [5.74, 6) is 0. The lowest BCUT2D eigenvalue weighted by Gasteiger charge is -2.40. The lowest BCUT2D eigenvalue weighted by atomic mass is 10.1. The molecule has 0 amide bonds. The van der Waals surface area contributed by atoms with Gasteiger partial charge in [-0.1, -0.05) is 23.7 Å². The number of anilines is 1. The van der Waals surface area contributed by atoms with E-state index in [4.69, 9.17) is 22.1 Å². The Hall–Kier alpha value is -0.810. The van der Waals surface area contributed by atoms with Crippen LogP contribution in [0.5, 0.6) is 0 Å². The zero-order chi connectivity index (χ0) is 13.1. The molecule has 0 bridgehead atoms. The van der Waals surface area contributed by atoms with E-state index in [9.17, 15) is 5.11 Å². The highest BCUT2D eigenvalue weighted by atomic mass is 35.5. The molecule has 0 radical (unpaired) electrons. The van der Waals surface area contributed by atoms with Gasteiger partial charge in [-0.25, -0.2) is 0 Å². The molecular weight excluding hydrogens is 252 g/mol. The summed E-state index contributed by atoms with van der Waals surface area (Å²) in [6.45, 7) is 3.77. The van der Waals surface area contributed by atoms with Gasteiger partial charge in [-0.05, 0) is 18.6 Å². The average Bonchev–Trinajstić information content (AvgIpc) is 2.39. The van der Waals surface area contributed by atoms with Crippen molar-refractivity contribution in [1.29, 1.82) is 0 Å². The summed E-state index contributed by atoms with van der Waals surface area (Å²) in [5, 5.41) is 9.93. The fourth-order valence-electron chi connectivity index (χ4n) is 2.29. The second-order valence-electron chi connectivity index (χ2n) is 4.59. The molecule has 1 aliphatic rings. The summed E-state index contributed by atoms with van der Waals surface area (Å²) in [7, 11) is 0. The third-order valence-electron chi connectivity index (χ3n) is 3.29. The summed E-state index contributed by atoms with van der Waals surface area (Å²) in [5.41, 5.74) is 7.76. The summed E-state index contributed by atoms with van der Waals surface area (Å²) in [6.07, 6.45) is -0.164. The Morgan fingerprint density at radius 2 is 2.33 bits per heavy atom. The molecule has 1 aliphatic heterocycles. The van der Waals surface area contributed by atoms with E-state index >= 15 is 0 Å². The van der Waals surface area contributed by atoms with Crippen LogP contribution in [-0.2, 0) is 11.3 Å². The van der Waals surface area contributed by atoms with Crippen molar-refractivity contribution in [2.24, 2.45) is 5.73 Å². The highest BCUT2D eigenvalue weighted by molar-refractivity contribution is 6.33. The summed E-state index contributed by atoms with van der Waals surface area (Å²) >= 11 is 6.30. The SMILES string of the molecule is CC1COC(CO)CN1c1c(Cl)cccc1CN. The molecule has 2 atom stereocenters. The topological polar surface area (TPSA) is 58.7 Å². The van der Waals surface area contributed by atoms with Gasteiger partial charge >= 0.3 is 0 Å². The Labute approximate surface area is 112 Å². The van der Waals surface area contributed by atoms with E-state index in [0.717, 1.165) is 11.3 Å². The molecule has 0 saturated carbocycles. The van der Waals surface area contributed by atoms with Gasteiger partial charge in [0, 0.05) is 19.1 Å². The smallest absolute Gasteiger partial charge is 0.0981 e. The van der Waals surface area contributed by atoms with Crippen molar-refractivity contribution in [2.45, 2.75) is 25.6 Å². The van der Waals surface area contributed by atoms with Crippen molar-refractivity contribution in [1.82, 2.24) is 0 Å². The fraction of sp³-hybridized carbons (Fsp3) is 0.538. The van der Waals surface area contributed by atoms with Crippen LogP contribution >= 0.6 is 11.6 Å². The fourth-order valence-corrected chi connectivity index (χ4v) is 2.59. The standard InChI is InChI=1S/C13H19ClN2O2/c1-9-8-18-11(7-17)6-16(9)13-10(5-15)3-2-4-12(13)14/h2-4,9,11,17H,5-8,15H2,1H3. The summed E-state index contributed by atoms with van der Waals surface area (Å²) in [4.78, 5) is 2.18. The predicted molar refractivity (Wildman–Crippen MR) is 73.0 cm³/mol. The highest BCUT2D eigenvalue weighted by Gasteiger charge is 2.28. The van der Waals surface area contributed by atoms with Gasteiger partial charge in [0.05, 0.1) is 30.0 Å². The molecule has 18 heavy (non-hydrogen) atoms. The molecule has 0 aliphatic carbocycles. The number of hydrogen-bond donors (Lipinski definition) is 2. The number of aliphatic hydroxyl groups excluding tert-OH is 1. The molecule has 5 heteroatoms. The van der Waals surface area contributed by atoms with Crippen LogP contribution < -0.4 is 10.6 Å². The Balaban J connectivity index is 2.34. The monoisotopic (exact) mass is 270 g/mol. The third-order valence-corrected chi connectivity index (χ3v) is 3.59. The number of hydrogen-bond acceptors (Lipinski definition) is 4. The first kappa shape index (κ1) is 13.6. The first-order chi connectivity index (χ1) is 8.67. The Kier molecular flexibility index (Phi) is 4.45. The van der Waals surface area contributed by atoms with Crippen LogP contribution in [0.2, 0.25) is 5.02 Å². The highest BCUT2D eigenvalue weighted by Crippen LogP contribution is 2.32. The first-order valence-electron chi connectivity index (χ1n) is 6.14. The predicted octanol–water partition coefficient (Wildman–Crippen LogP) is 1.38.